The van der Waals surface area contributed by atoms with Gasteiger partial charge in [-0.25, -0.2) is 0 Å². The Morgan fingerprint density at radius 3 is 1.80 bits per heavy atom. The van der Waals surface area contributed by atoms with E-state index in [-0.39, 0.29) is 5.78 Å². The van der Waals surface area contributed by atoms with Gasteiger partial charge in [-0.2, -0.15) is 0 Å². The smallest absolute Gasteiger partial charge is 0.323 e. The molecule has 136 valence electrons. The summed E-state index contributed by atoms with van der Waals surface area (Å²) in [5, 5.41) is 9.93. The van der Waals surface area contributed by atoms with Crippen molar-refractivity contribution < 1.29 is 24.2 Å². The van der Waals surface area contributed by atoms with E-state index in [0.717, 1.165) is 0 Å². The largest absolute Gasteiger partial charge is 0.480 e. The van der Waals surface area contributed by atoms with Gasteiger partial charge in [-0.15, -0.1) is 0 Å². The first kappa shape index (κ1) is 18.0. The number of hydrogen-bond donors (Lipinski definition) is 1. The van der Waals surface area contributed by atoms with Gasteiger partial charge in [-0.1, -0.05) is 30.3 Å². The zero-order valence-electron chi connectivity index (χ0n) is 14.2. The Bertz CT molecular complexity index is 582. The highest BCUT2D eigenvalue weighted by Gasteiger charge is 2.42. The van der Waals surface area contributed by atoms with Gasteiger partial charge in [0.05, 0.1) is 26.4 Å². The second kappa shape index (κ2) is 8.53. The van der Waals surface area contributed by atoms with Crippen LogP contribution < -0.4 is 0 Å². The van der Waals surface area contributed by atoms with Gasteiger partial charge in [-0.3, -0.25) is 19.4 Å². The fourth-order valence-electron chi connectivity index (χ4n) is 3.48. The molecule has 7 heteroatoms. The maximum atomic E-state index is 13.2. The number of carbonyl (C=O) groups is 2. The van der Waals surface area contributed by atoms with E-state index in [1.54, 1.807) is 24.3 Å². The highest BCUT2D eigenvalue weighted by atomic mass is 16.5. The normalized spacial score (nSPS) is 22.2. The number of rotatable bonds is 6. The Kier molecular flexibility index (Phi) is 6.14. The van der Waals surface area contributed by atoms with Crippen molar-refractivity contribution in [2.45, 2.75) is 12.1 Å². The van der Waals surface area contributed by atoms with Crippen molar-refractivity contribution in [2.24, 2.45) is 0 Å². The fraction of sp³-hybridized carbons (Fsp3) is 0.556. The molecule has 2 heterocycles. The molecule has 0 spiro atoms. The Morgan fingerprint density at radius 2 is 1.32 bits per heavy atom. The number of carboxylic acid groups (broad SMARTS) is 1. The molecule has 7 nitrogen and oxygen atoms in total. The van der Waals surface area contributed by atoms with Crippen LogP contribution in [0.3, 0.4) is 0 Å². The number of aliphatic carboxylic acids is 1. The molecule has 0 aromatic heterocycles. The molecule has 0 saturated carbocycles. The molecule has 2 atom stereocenters. The maximum Gasteiger partial charge on any atom is 0.323 e. The summed E-state index contributed by atoms with van der Waals surface area (Å²) in [4.78, 5) is 29.2. The standard InChI is InChI=1S/C18H24N2O5/c21-17(14-4-2-1-3-5-14)15(19-6-10-24-11-7-19)16(18(22)23)20-8-12-25-13-9-20/h1-5,15-16H,6-13H2,(H,22,23)/t15-,16+/m0/s1. The maximum absolute atomic E-state index is 13.2. The minimum Gasteiger partial charge on any atom is -0.480 e. The molecule has 1 aromatic rings. The average molecular weight is 348 g/mol. The minimum atomic E-state index is -0.970. The van der Waals surface area contributed by atoms with E-state index >= 15 is 0 Å². The minimum absolute atomic E-state index is 0.151. The lowest BCUT2D eigenvalue weighted by molar-refractivity contribution is -0.148. The summed E-state index contributed by atoms with van der Waals surface area (Å²) in [6, 6.07) is 7.30. The van der Waals surface area contributed by atoms with E-state index in [1.807, 2.05) is 15.9 Å². The van der Waals surface area contributed by atoms with Gasteiger partial charge in [-0.05, 0) is 0 Å². The molecule has 0 bridgehead atoms. The third-order valence-corrected chi connectivity index (χ3v) is 4.76. The van der Waals surface area contributed by atoms with Crippen molar-refractivity contribution >= 4 is 11.8 Å². The molecule has 2 saturated heterocycles. The topological polar surface area (TPSA) is 79.3 Å². The summed E-state index contributed by atoms with van der Waals surface area (Å²) in [5.74, 6) is -1.12. The number of morpholine rings is 2. The molecule has 25 heavy (non-hydrogen) atoms. The first-order valence-corrected chi connectivity index (χ1v) is 8.64. The summed E-state index contributed by atoms with van der Waals surface area (Å²) in [7, 11) is 0. The van der Waals surface area contributed by atoms with Crippen molar-refractivity contribution in [3.05, 3.63) is 35.9 Å². The number of benzene rings is 1. The van der Waals surface area contributed by atoms with Crippen LogP contribution in [0.1, 0.15) is 10.4 Å². The summed E-state index contributed by atoms with van der Waals surface area (Å²) < 4.78 is 10.7. The third-order valence-electron chi connectivity index (χ3n) is 4.76. The molecule has 0 unspecified atom stereocenters. The van der Waals surface area contributed by atoms with Crippen molar-refractivity contribution in [3.8, 4) is 0 Å². The van der Waals surface area contributed by atoms with Crippen molar-refractivity contribution in [3.63, 3.8) is 0 Å². The molecule has 2 aliphatic heterocycles. The van der Waals surface area contributed by atoms with Gasteiger partial charge in [0, 0.05) is 31.7 Å². The van der Waals surface area contributed by atoms with Crippen LogP contribution in [0, 0.1) is 0 Å². The predicted octanol–water partition coefficient (Wildman–Crippen LogP) is 0.356. The number of carbonyl (C=O) groups excluding carboxylic acids is 1. The number of Topliss-reactive ketones (excluding diaryl/α,β-unsaturated/α-hetero) is 1. The van der Waals surface area contributed by atoms with Gasteiger partial charge in [0.2, 0.25) is 0 Å². The van der Waals surface area contributed by atoms with Gasteiger partial charge >= 0.3 is 5.97 Å². The molecule has 0 radical (unpaired) electrons. The molecule has 0 aliphatic carbocycles. The number of carboxylic acids is 1. The first-order chi connectivity index (χ1) is 12.2. The zero-order valence-corrected chi connectivity index (χ0v) is 14.2. The zero-order chi connectivity index (χ0) is 17.6. The van der Waals surface area contributed by atoms with E-state index in [0.29, 0.717) is 58.2 Å². The van der Waals surface area contributed by atoms with Crippen LogP contribution in [-0.2, 0) is 14.3 Å². The Balaban J connectivity index is 1.92. The monoisotopic (exact) mass is 348 g/mol. The van der Waals surface area contributed by atoms with Crippen molar-refractivity contribution in [1.82, 2.24) is 9.80 Å². The highest BCUT2D eigenvalue weighted by molar-refractivity contribution is 6.03. The van der Waals surface area contributed by atoms with Crippen molar-refractivity contribution in [2.75, 3.05) is 52.6 Å². The summed E-state index contributed by atoms with van der Waals surface area (Å²) in [5.41, 5.74) is 0.540. The van der Waals surface area contributed by atoms with E-state index in [1.165, 1.54) is 0 Å². The predicted molar refractivity (Wildman–Crippen MR) is 90.8 cm³/mol. The molecule has 3 rings (SSSR count). The van der Waals surface area contributed by atoms with E-state index in [2.05, 4.69) is 0 Å². The number of nitrogens with zero attached hydrogens (tertiary/aromatic N) is 2. The number of hydrogen-bond acceptors (Lipinski definition) is 6. The summed E-state index contributed by atoms with van der Waals surface area (Å²) >= 11 is 0. The van der Waals surface area contributed by atoms with Crippen LogP contribution in [0.4, 0.5) is 0 Å². The van der Waals surface area contributed by atoms with E-state index < -0.39 is 18.1 Å². The molecule has 1 aromatic carbocycles. The molecule has 1 N–H and O–H groups in total. The van der Waals surface area contributed by atoms with E-state index in [4.69, 9.17) is 9.47 Å². The van der Waals surface area contributed by atoms with Crippen LogP contribution in [-0.4, -0.2) is 91.3 Å². The lowest BCUT2D eigenvalue weighted by Gasteiger charge is -2.41. The van der Waals surface area contributed by atoms with Gasteiger partial charge < -0.3 is 14.6 Å². The first-order valence-electron chi connectivity index (χ1n) is 8.64. The lowest BCUT2D eigenvalue weighted by Crippen LogP contribution is -2.62. The van der Waals surface area contributed by atoms with Gasteiger partial charge in [0.15, 0.2) is 5.78 Å². The third kappa shape index (κ3) is 4.24. The second-order valence-electron chi connectivity index (χ2n) is 6.25. The summed E-state index contributed by atoms with van der Waals surface area (Å²) in [6.45, 7) is 4.12. The molecule has 0 amide bonds. The van der Waals surface area contributed by atoms with Crippen LogP contribution in [0.15, 0.2) is 30.3 Å². The molecule has 2 fully saturated rings. The van der Waals surface area contributed by atoms with Gasteiger partial charge in [0.25, 0.3) is 0 Å². The van der Waals surface area contributed by atoms with Crippen molar-refractivity contribution in [1.29, 1.82) is 0 Å². The SMILES string of the molecule is O=C(c1ccccc1)[C@H]([C@H](C(=O)O)N1CCOCC1)N1CCOCC1. The molecule has 2 aliphatic rings. The average Bonchev–Trinajstić information content (AvgIpc) is 2.67. The Hall–Kier alpha value is -1.80. The quantitative estimate of drug-likeness (QED) is 0.744. The Morgan fingerprint density at radius 1 is 0.840 bits per heavy atom. The van der Waals surface area contributed by atoms with Crippen LogP contribution in [0.25, 0.3) is 0 Å². The number of ketones is 1. The fourth-order valence-corrected chi connectivity index (χ4v) is 3.48. The Labute approximate surface area is 147 Å². The summed E-state index contributed by atoms with van der Waals surface area (Å²) in [6.07, 6.45) is 0. The highest BCUT2D eigenvalue weighted by Crippen LogP contribution is 2.20. The van der Waals surface area contributed by atoms with Gasteiger partial charge in [0.1, 0.15) is 12.1 Å². The van der Waals surface area contributed by atoms with E-state index in [9.17, 15) is 14.7 Å². The van der Waals surface area contributed by atoms with Crippen LogP contribution in [0.2, 0.25) is 0 Å². The lowest BCUT2D eigenvalue weighted by atomic mass is 9.94. The molecular weight excluding hydrogens is 324 g/mol. The van der Waals surface area contributed by atoms with Crippen LogP contribution in [0.5, 0.6) is 0 Å². The van der Waals surface area contributed by atoms with Crippen LogP contribution >= 0.6 is 0 Å². The number of ether oxygens (including phenoxy) is 2. The second-order valence-corrected chi connectivity index (χ2v) is 6.25. The molecular formula is C18H24N2O5.